The van der Waals surface area contributed by atoms with Gasteiger partial charge in [-0.2, -0.15) is 0 Å². The Kier molecular flexibility index (Phi) is 6.07. The molecule has 0 aliphatic heterocycles. The molecule has 0 aliphatic rings. The molecule has 2 N–H and O–H groups in total. The highest BCUT2D eigenvalue weighted by Crippen LogP contribution is 2.33. The molecule has 162 valence electrons. The average Bonchev–Trinajstić information content (AvgIpc) is 3.18. The van der Waals surface area contributed by atoms with E-state index in [0.29, 0.717) is 28.2 Å². The lowest BCUT2D eigenvalue weighted by Gasteiger charge is -2.15. The van der Waals surface area contributed by atoms with Crippen LogP contribution in [0.5, 0.6) is 11.5 Å². The second-order valence-electron chi connectivity index (χ2n) is 7.02. The Hall–Kier alpha value is -4.26. The first-order valence-electron chi connectivity index (χ1n) is 10.1. The third-order valence-electron chi connectivity index (χ3n) is 4.83. The normalized spacial score (nSPS) is 11.6. The number of carbonyl (C=O) groups excluding carboxylic acids is 2. The Labute approximate surface area is 184 Å². The van der Waals surface area contributed by atoms with Crippen LogP contribution >= 0.6 is 0 Å². The molecule has 7 heteroatoms. The van der Waals surface area contributed by atoms with E-state index in [0.717, 1.165) is 0 Å². The summed E-state index contributed by atoms with van der Waals surface area (Å²) in [6.07, 6.45) is -0.795. The topological polar surface area (TPSA) is 89.8 Å². The number of ether oxygens (including phenoxy) is 2. The highest BCUT2D eigenvalue weighted by Gasteiger charge is 2.25. The number of para-hydroxylation sites is 4. The number of amides is 2. The Bertz CT molecular complexity index is 1250. The molecule has 0 saturated heterocycles. The number of rotatable bonds is 7. The van der Waals surface area contributed by atoms with E-state index in [1.54, 1.807) is 67.6 Å². The van der Waals surface area contributed by atoms with E-state index in [-0.39, 0.29) is 11.4 Å². The largest absolute Gasteiger partial charge is 0.495 e. The summed E-state index contributed by atoms with van der Waals surface area (Å²) in [7, 11) is 1.52. The second kappa shape index (κ2) is 9.26. The summed E-state index contributed by atoms with van der Waals surface area (Å²) >= 11 is 0. The van der Waals surface area contributed by atoms with Gasteiger partial charge in [0.15, 0.2) is 6.10 Å². The predicted molar refractivity (Wildman–Crippen MR) is 122 cm³/mol. The van der Waals surface area contributed by atoms with Gasteiger partial charge in [-0.3, -0.25) is 9.59 Å². The maximum atomic E-state index is 13.1. The molecule has 0 saturated carbocycles. The van der Waals surface area contributed by atoms with Crippen molar-refractivity contribution in [1.82, 2.24) is 0 Å². The molecule has 1 aromatic heterocycles. The summed E-state index contributed by atoms with van der Waals surface area (Å²) in [4.78, 5) is 25.9. The summed E-state index contributed by atoms with van der Waals surface area (Å²) in [5.74, 6) is 0.135. The maximum absolute atomic E-state index is 13.1. The molecule has 0 bridgehead atoms. The first-order valence-corrected chi connectivity index (χ1v) is 10.1. The van der Waals surface area contributed by atoms with E-state index >= 15 is 0 Å². The Morgan fingerprint density at radius 2 is 1.56 bits per heavy atom. The van der Waals surface area contributed by atoms with Gasteiger partial charge in [0, 0.05) is 5.39 Å². The van der Waals surface area contributed by atoms with Gasteiger partial charge < -0.3 is 24.5 Å². The molecule has 1 unspecified atom stereocenters. The van der Waals surface area contributed by atoms with Gasteiger partial charge in [-0.15, -0.1) is 0 Å². The molecule has 32 heavy (non-hydrogen) atoms. The van der Waals surface area contributed by atoms with Gasteiger partial charge in [0.25, 0.3) is 11.8 Å². The van der Waals surface area contributed by atoms with Crippen LogP contribution in [0.15, 0.2) is 83.3 Å². The van der Waals surface area contributed by atoms with E-state index in [1.807, 2.05) is 18.2 Å². The Morgan fingerprint density at radius 1 is 0.875 bits per heavy atom. The van der Waals surface area contributed by atoms with Crippen LogP contribution in [0.4, 0.5) is 11.4 Å². The summed E-state index contributed by atoms with van der Waals surface area (Å²) in [5.41, 5.74) is 1.24. The lowest BCUT2D eigenvalue weighted by atomic mass is 10.2. The third-order valence-corrected chi connectivity index (χ3v) is 4.83. The molecule has 4 aromatic rings. The van der Waals surface area contributed by atoms with E-state index in [2.05, 4.69) is 10.6 Å². The molecule has 7 nitrogen and oxygen atoms in total. The van der Waals surface area contributed by atoms with Crippen molar-refractivity contribution in [3.8, 4) is 11.5 Å². The van der Waals surface area contributed by atoms with Crippen molar-refractivity contribution in [2.45, 2.75) is 13.0 Å². The van der Waals surface area contributed by atoms with Gasteiger partial charge in [0.1, 0.15) is 22.8 Å². The van der Waals surface area contributed by atoms with Crippen LogP contribution < -0.4 is 20.1 Å². The van der Waals surface area contributed by atoms with E-state index in [1.165, 1.54) is 7.11 Å². The first kappa shape index (κ1) is 21.0. The number of hydrogen-bond acceptors (Lipinski definition) is 5. The predicted octanol–water partition coefficient (Wildman–Crippen LogP) is 5.10. The Morgan fingerprint density at radius 3 is 2.34 bits per heavy atom. The number of methoxy groups -OCH3 is 1. The van der Waals surface area contributed by atoms with Crippen LogP contribution in [0.1, 0.15) is 17.5 Å². The molecular formula is C25H22N2O5. The fourth-order valence-corrected chi connectivity index (χ4v) is 3.24. The van der Waals surface area contributed by atoms with Crippen LogP contribution in [-0.2, 0) is 4.79 Å². The summed E-state index contributed by atoms with van der Waals surface area (Å²) < 4.78 is 16.8. The van der Waals surface area contributed by atoms with Gasteiger partial charge in [-0.05, 0) is 43.3 Å². The SMILES string of the molecule is COc1ccccc1NC(=O)c1oc2ccccc2c1NC(=O)C(C)Oc1ccccc1. The molecule has 1 heterocycles. The quantitative estimate of drug-likeness (QED) is 0.426. The molecular weight excluding hydrogens is 408 g/mol. The van der Waals surface area contributed by atoms with E-state index in [9.17, 15) is 9.59 Å². The zero-order valence-electron chi connectivity index (χ0n) is 17.6. The van der Waals surface area contributed by atoms with Crippen LogP contribution in [-0.4, -0.2) is 25.0 Å². The van der Waals surface area contributed by atoms with Gasteiger partial charge >= 0.3 is 0 Å². The molecule has 2 amide bonds. The second-order valence-corrected chi connectivity index (χ2v) is 7.02. The number of furan rings is 1. The molecule has 0 radical (unpaired) electrons. The van der Waals surface area contributed by atoms with Crippen LogP contribution in [0.2, 0.25) is 0 Å². The monoisotopic (exact) mass is 430 g/mol. The summed E-state index contributed by atoms with van der Waals surface area (Å²) in [6, 6.07) is 23.2. The fraction of sp³-hybridized carbons (Fsp3) is 0.120. The third kappa shape index (κ3) is 4.41. The number of hydrogen-bond donors (Lipinski definition) is 2. The van der Waals surface area contributed by atoms with Crippen molar-refractivity contribution in [1.29, 1.82) is 0 Å². The van der Waals surface area contributed by atoms with Crippen molar-refractivity contribution >= 4 is 34.2 Å². The molecule has 3 aromatic carbocycles. The molecule has 0 aliphatic carbocycles. The van der Waals surface area contributed by atoms with Crippen molar-refractivity contribution in [3.63, 3.8) is 0 Å². The minimum absolute atomic E-state index is 0.0163. The van der Waals surface area contributed by atoms with Crippen molar-refractivity contribution in [2.75, 3.05) is 17.7 Å². The van der Waals surface area contributed by atoms with Crippen molar-refractivity contribution in [2.24, 2.45) is 0 Å². The van der Waals surface area contributed by atoms with Crippen LogP contribution in [0.3, 0.4) is 0 Å². The van der Waals surface area contributed by atoms with Gasteiger partial charge in [0.05, 0.1) is 12.8 Å². The highest BCUT2D eigenvalue weighted by atomic mass is 16.5. The van der Waals surface area contributed by atoms with Gasteiger partial charge in [-0.25, -0.2) is 0 Å². The minimum Gasteiger partial charge on any atom is -0.495 e. The van der Waals surface area contributed by atoms with Crippen LogP contribution in [0, 0.1) is 0 Å². The molecule has 4 rings (SSSR count). The molecule has 0 fully saturated rings. The van der Waals surface area contributed by atoms with Gasteiger partial charge in [-0.1, -0.05) is 42.5 Å². The number of fused-ring (bicyclic) bond motifs is 1. The summed E-state index contributed by atoms with van der Waals surface area (Å²) in [6.45, 7) is 1.64. The number of benzene rings is 3. The first-order chi connectivity index (χ1) is 15.6. The van der Waals surface area contributed by atoms with Crippen LogP contribution in [0.25, 0.3) is 11.0 Å². The lowest BCUT2D eigenvalue weighted by Crippen LogP contribution is -2.30. The van der Waals surface area contributed by atoms with E-state index < -0.39 is 17.9 Å². The lowest BCUT2D eigenvalue weighted by molar-refractivity contribution is -0.122. The molecule has 1 atom stereocenters. The zero-order chi connectivity index (χ0) is 22.5. The van der Waals surface area contributed by atoms with Gasteiger partial charge in [0.2, 0.25) is 5.76 Å². The standard InChI is InChI=1S/C25H22N2O5/c1-16(31-17-10-4-3-5-11-17)24(28)27-22-18-12-6-8-14-20(18)32-23(22)25(29)26-19-13-7-9-15-21(19)30-2/h3-16H,1-2H3,(H,26,29)(H,27,28). The van der Waals surface area contributed by atoms with Crippen molar-refractivity contribution in [3.05, 3.63) is 84.6 Å². The highest BCUT2D eigenvalue weighted by molar-refractivity contribution is 6.15. The minimum atomic E-state index is -0.795. The molecule has 0 spiro atoms. The van der Waals surface area contributed by atoms with Crippen molar-refractivity contribution < 1.29 is 23.5 Å². The fourth-order valence-electron chi connectivity index (χ4n) is 3.24. The number of carbonyl (C=O) groups is 2. The summed E-state index contributed by atoms with van der Waals surface area (Å²) in [5, 5.41) is 6.19. The average molecular weight is 430 g/mol. The zero-order valence-corrected chi connectivity index (χ0v) is 17.6. The number of anilines is 2. The number of nitrogens with one attached hydrogen (secondary N) is 2. The van der Waals surface area contributed by atoms with E-state index in [4.69, 9.17) is 13.9 Å². The Balaban J connectivity index is 1.61. The smallest absolute Gasteiger partial charge is 0.293 e. The maximum Gasteiger partial charge on any atom is 0.293 e.